The van der Waals surface area contributed by atoms with Crippen LogP contribution < -0.4 is 16.0 Å². The monoisotopic (exact) mass is 464 g/mol. The maximum Gasteiger partial charge on any atom is 0.319 e. The SMILES string of the molecule is CC(=O)Nc1ccc(S(=O)(=O)N2CCC(NC(=O)Nc3ccc(C)c(Cl)c3)CC2)cc1. The topological polar surface area (TPSA) is 108 Å². The van der Waals surface area contributed by atoms with Crippen molar-refractivity contribution in [2.24, 2.45) is 0 Å². The third-order valence-electron chi connectivity index (χ3n) is 5.03. The van der Waals surface area contributed by atoms with Crippen LogP contribution in [0.2, 0.25) is 5.02 Å². The van der Waals surface area contributed by atoms with E-state index >= 15 is 0 Å². The molecule has 166 valence electrons. The fourth-order valence-corrected chi connectivity index (χ4v) is 4.98. The van der Waals surface area contributed by atoms with Crippen molar-refractivity contribution in [2.75, 3.05) is 23.7 Å². The summed E-state index contributed by atoms with van der Waals surface area (Å²) < 4.78 is 27.2. The zero-order valence-corrected chi connectivity index (χ0v) is 18.9. The van der Waals surface area contributed by atoms with Crippen molar-refractivity contribution >= 4 is 44.9 Å². The van der Waals surface area contributed by atoms with E-state index in [1.807, 2.05) is 13.0 Å². The molecule has 3 N–H and O–H groups in total. The molecule has 1 fully saturated rings. The minimum absolute atomic E-state index is 0.130. The maximum atomic E-state index is 12.9. The van der Waals surface area contributed by atoms with Gasteiger partial charge in [0.2, 0.25) is 15.9 Å². The molecule has 3 rings (SSSR count). The van der Waals surface area contributed by atoms with Gasteiger partial charge in [0, 0.05) is 42.5 Å². The van der Waals surface area contributed by atoms with Crippen LogP contribution in [0.1, 0.15) is 25.3 Å². The standard InChI is InChI=1S/C21H25ClN4O4S/c1-14-3-4-18(13-20(14)22)25-21(28)24-17-9-11-26(12-10-17)31(29,30)19-7-5-16(6-8-19)23-15(2)27/h3-8,13,17H,9-12H2,1-2H3,(H,23,27)(H2,24,25,28). The van der Waals surface area contributed by atoms with Crippen molar-refractivity contribution in [3.63, 3.8) is 0 Å². The summed E-state index contributed by atoms with van der Waals surface area (Å²) in [5.41, 5.74) is 2.05. The summed E-state index contributed by atoms with van der Waals surface area (Å²) in [6.45, 7) is 3.87. The van der Waals surface area contributed by atoms with Crippen LogP contribution in [0.5, 0.6) is 0 Å². The smallest absolute Gasteiger partial charge is 0.319 e. The largest absolute Gasteiger partial charge is 0.335 e. The van der Waals surface area contributed by atoms with Crippen molar-refractivity contribution in [1.29, 1.82) is 0 Å². The molecule has 0 atom stereocenters. The van der Waals surface area contributed by atoms with E-state index in [2.05, 4.69) is 16.0 Å². The Bertz CT molecular complexity index is 1070. The molecule has 0 spiro atoms. The first kappa shape index (κ1) is 23.1. The maximum absolute atomic E-state index is 12.9. The van der Waals surface area contributed by atoms with Gasteiger partial charge in [-0.25, -0.2) is 13.2 Å². The average Bonchev–Trinajstić information content (AvgIpc) is 2.71. The third kappa shape index (κ3) is 5.96. The Hall–Kier alpha value is -2.62. The first-order chi connectivity index (χ1) is 14.6. The van der Waals surface area contributed by atoms with Gasteiger partial charge in [-0.3, -0.25) is 4.79 Å². The van der Waals surface area contributed by atoms with E-state index in [4.69, 9.17) is 11.6 Å². The number of nitrogens with zero attached hydrogens (tertiary/aromatic N) is 1. The number of urea groups is 1. The number of hydrogen-bond donors (Lipinski definition) is 3. The highest BCUT2D eigenvalue weighted by Crippen LogP contribution is 2.23. The van der Waals surface area contributed by atoms with Gasteiger partial charge in [0.05, 0.1) is 4.90 Å². The van der Waals surface area contributed by atoms with Crippen LogP contribution in [0.25, 0.3) is 0 Å². The van der Waals surface area contributed by atoms with Crippen molar-refractivity contribution in [3.8, 4) is 0 Å². The lowest BCUT2D eigenvalue weighted by molar-refractivity contribution is -0.114. The molecule has 10 heteroatoms. The minimum Gasteiger partial charge on any atom is -0.335 e. The Morgan fingerprint density at radius 2 is 1.61 bits per heavy atom. The lowest BCUT2D eigenvalue weighted by Crippen LogP contribution is -2.47. The van der Waals surface area contributed by atoms with E-state index in [9.17, 15) is 18.0 Å². The number of carbonyl (C=O) groups is 2. The zero-order valence-electron chi connectivity index (χ0n) is 17.3. The summed E-state index contributed by atoms with van der Waals surface area (Å²) in [6, 6.07) is 10.9. The number of sulfonamides is 1. The summed E-state index contributed by atoms with van der Waals surface area (Å²) in [5.74, 6) is -0.223. The molecule has 8 nitrogen and oxygen atoms in total. The molecule has 31 heavy (non-hydrogen) atoms. The number of nitrogens with one attached hydrogen (secondary N) is 3. The molecule has 0 unspecified atom stereocenters. The number of carbonyl (C=O) groups excluding carboxylic acids is 2. The van der Waals surface area contributed by atoms with E-state index in [1.54, 1.807) is 24.3 Å². The molecule has 2 aromatic carbocycles. The predicted octanol–water partition coefficient (Wildman–Crippen LogP) is 3.58. The van der Waals surface area contributed by atoms with Gasteiger partial charge in [-0.2, -0.15) is 4.31 Å². The number of amides is 3. The van der Waals surface area contributed by atoms with Gasteiger partial charge in [0.1, 0.15) is 0 Å². The minimum atomic E-state index is -3.64. The Morgan fingerprint density at radius 3 is 2.19 bits per heavy atom. The Morgan fingerprint density at radius 1 is 1.00 bits per heavy atom. The number of rotatable bonds is 5. The highest BCUT2D eigenvalue weighted by atomic mass is 35.5. The molecule has 0 aliphatic carbocycles. The van der Waals surface area contributed by atoms with Gasteiger partial charge in [-0.15, -0.1) is 0 Å². The van der Waals surface area contributed by atoms with E-state index in [0.29, 0.717) is 42.3 Å². The molecular weight excluding hydrogens is 440 g/mol. The first-order valence-electron chi connectivity index (χ1n) is 9.86. The fraction of sp³-hybridized carbons (Fsp3) is 0.333. The van der Waals surface area contributed by atoms with E-state index < -0.39 is 10.0 Å². The molecule has 1 aliphatic heterocycles. The molecule has 0 aromatic heterocycles. The highest BCUT2D eigenvalue weighted by Gasteiger charge is 2.30. The summed E-state index contributed by atoms with van der Waals surface area (Å²) in [6.07, 6.45) is 1.01. The van der Waals surface area contributed by atoms with Crippen LogP contribution in [0.3, 0.4) is 0 Å². The number of halogens is 1. The second kappa shape index (κ2) is 9.67. The fourth-order valence-electron chi connectivity index (χ4n) is 3.33. The number of anilines is 2. The van der Waals surface area contributed by atoms with Crippen molar-refractivity contribution in [3.05, 3.63) is 53.1 Å². The lowest BCUT2D eigenvalue weighted by atomic mass is 10.1. The van der Waals surface area contributed by atoms with Crippen LogP contribution in [-0.2, 0) is 14.8 Å². The summed E-state index contributed by atoms with van der Waals surface area (Å²) in [5, 5.41) is 8.81. The normalized spacial score (nSPS) is 15.3. The third-order valence-corrected chi connectivity index (χ3v) is 7.35. The van der Waals surface area contributed by atoms with E-state index in [0.717, 1.165) is 5.56 Å². The van der Waals surface area contributed by atoms with Crippen molar-refractivity contribution < 1.29 is 18.0 Å². The van der Waals surface area contributed by atoms with Gasteiger partial charge in [0.15, 0.2) is 0 Å². The van der Waals surface area contributed by atoms with Gasteiger partial charge < -0.3 is 16.0 Å². The Labute approximate surface area is 187 Å². The number of hydrogen-bond acceptors (Lipinski definition) is 4. The quantitative estimate of drug-likeness (QED) is 0.628. The van der Waals surface area contributed by atoms with E-state index in [1.165, 1.54) is 23.4 Å². The number of benzene rings is 2. The van der Waals surface area contributed by atoms with Crippen LogP contribution in [0.4, 0.5) is 16.2 Å². The molecule has 0 bridgehead atoms. The number of piperidine rings is 1. The Kier molecular flexibility index (Phi) is 7.19. The zero-order chi connectivity index (χ0) is 22.6. The Balaban J connectivity index is 1.54. The van der Waals surface area contributed by atoms with Crippen LogP contribution >= 0.6 is 11.6 Å². The average molecular weight is 465 g/mol. The second-order valence-electron chi connectivity index (χ2n) is 7.45. The van der Waals surface area contributed by atoms with Gasteiger partial charge >= 0.3 is 6.03 Å². The molecule has 1 saturated heterocycles. The van der Waals surface area contributed by atoms with Gasteiger partial charge in [-0.05, 0) is 61.7 Å². The van der Waals surface area contributed by atoms with Crippen LogP contribution in [-0.4, -0.2) is 43.8 Å². The van der Waals surface area contributed by atoms with E-state index in [-0.39, 0.29) is 22.9 Å². The number of aryl methyl sites for hydroxylation is 1. The molecule has 1 aliphatic rings. The van der Waals surface area contributed by atoms with Crippen molar-refractivity contribution in [2.45, 2.75) is 37.6 Å². The molecule has 3 amide bonds. The van der Waals surface area contributed by atoms with Crippen molar-refractivity contribution in [1.82, 2.24) is 9.62 Å². The highest BCUT2D eigenvalue weighted by molar-refractivity contribution is 7.89. The first-order valence-corrected chi connectivity index (χ1v) is 11.7. The second-order valence-corrected chi connectivity index (χ2v) is 9.79. The lowest BCUT2D eigenvalue weighted by Gasteiger charge is -2.31. The summed E-state index contributed by atoms with van der Waals surface area (Å²) >= 11 is 6.08. The predicted molar refractivity (Wildman–Crippen MR) is 121 cm³/mol. The van der Waals surface area contributed by atoms with Crippen LogP contribution in [0, 0.1) is 6.92 Å². The molecule has 1 heterocycles. The molecule has 0 radical (unpaired) electrons. The summed E-state index contributed by atoms with van der Waals surface area (Å²) in [4.78, 5) is 23.5. The van der Waals surface area contributed by atoms with Crippen LogP contribution in [0.15, 0.2) is 47.4 Å². The van der Waals surface area contributed by atoms with Gasteiger partial charge in [0.25, 0.3) is 0 Å². The van der Waals surface area contributed by atoms with Gasteiger partial charge in [-0.1, -0.05) is 17.7 Å². The summed E-state index contributed by atoms with van der Waals surface area (Å²) in [7, 11) is -3.64. The molecule has 0 saturated carbocycles. The molecular formula is C21H25ClN4O4S. The molecule has 2 aromatic rings.